The third-order valence-corrected chi connectivity index (χ3v) is 5.54. The first-order chi connectivity index (χ1) is 14.3. The van der Waals surface area contributed by atoms with Crippen LogP contribution < -0.4 is 14.2 Å². The summed E-state index contributed by atoms with van der Waals surface area (Å²) in [7, 11) is 0. The summed E-state index contributed by atoms with van der Waals surface area (Å²) in [6, 6.07) is 13.7. The number of ether oxygens (including phenoxy) is 3. The predicted octanol–water partition coefficient (Wildman–Crippen LogP) is 5.00. The van der Waals surface area contributed by atoms with Gasteiger partial charge in [0.1, 0.15) is 5.75 Å². The van der Waals surface area contributed by atoms with E-state index < -0.39 is 0 Å². The molecule has 2 aliphatic rings. The summed E-state index contributed by atoms with van der Waals surface area (Å²) in [4.78, 5) is 15.2. The van der Waals surface area contributed by atoms with E-state index in [-0.39, 0.29) is 11.9 Å². The van der Waals surface area contributed by atoms with Crippen LogP contribution >= 0.6 is 0 Å². The zero-order valence-electron chi connectivity index (χ0n) is 17.1. The molecule has 1 unspecified atom stereocenters. The summed E-state index contributed by atoms with van der Waals surface area (Å²) in [6.45, 7) is 4.96. The van der Waals surface area contributed by atoms with Crippen LogP contribution in [0.15, 0.2) is 42.5 Å². The number of carbonyl (C=O) groups excluding carboxylic acids is 1. The van der Waals surface area contributed by atoms with Crippen LogP contribution in [0.25, 0.3) is 0 Å². The summed E-state index contributed by atoms with van der Waals surface area (Å²) in [5.41, 5.74) is 1.81. The molecule has 5 heteroatoms. The molecule has 0 N–H and O–H groups in total. The molecule has 29 heavy (non-hydrogen) atoms. The Morgan fingerprint density at radius 2 is 1.86 bits per heavy atom. The molecule has 0 saturated carbocycles. The lowest BCUT2D eigenvalue weighted by Gasteiger charge is -2.26. The van der Waals surface area contributed by atoms with E-state index in [1.54, 1.807) is 0 Å². The monoisotopic (exact) mass is 395 g/mol. The minimum atomic E-state index is 0.0692. The zero-order chi connectivity index (χ0) is 20.1. The van der Waals surface area contributed by atoms with Gasteiger partial charge in [0.15, 0.2) is 11.5 Å². The van der Waals surface area contributed by atoms with Gasteiger partial charge in [0, 0.05) is 18.5 Å². The Bertz CT molecular complexity index is 833. The van der Waals surface area contributed by atoms with Gasteiger partial charge in [-0.3, -0.25) is 4.79 Å². The maximum atomic E-state index is 13.2. The van der Waals surface area contributed by atoms with E-state index in [2.05, 4.69) is 13.0 Å². The third kappa shape index (κ3) is 4.50. The van der Waals surface area contributed by atoms with Gasteiger partial charge in [0.05, 0.1) is 25.9 Å². The van der Waals surface area contributed by atoms with Crippen molar-refractivity contribution in [3.05, 3.63) is 53.6 Å². The van der Waals surface area contributed by atoms with Crippen molar-refractivity contribution in [1.29, 1.82) is 0 Å². The Morgan fingerprint density at radius 3 is 2.66 bits per heavy atom. The molecule has 2 aromatic carbocycles. The molecule has 154 valence electrons. The summed E-state index contributed by atoms with van der Waals surface area (Å²) >= 11 is 0. The smallest absolute Gasteiger partial charge is 0.254 e. The Balaban J connectivity index is 1.48. The van der Waals surface area contributed by atoms with Crippen molar-refractivity contribution in [3.63, 3.8) is 0 Å². The molecule has 0 aromatic heterocycles. The molecule has 2 heterocycles. The topological polar surface area (TPSA) is 48.0 Å². The fraction of sp³-hybridized carbons (Fsp3) is 0.458. The fourth-order valence-electron chi connectivity index (χ4n) is 3.94. The summed E-state index contributed by atoms with van der Waals surface area (Å²) in [5.74, 6) is 2.46. The number of benzene rings is 2. The second-order valence-electron chi connectivity index (χ2n) is 7.64. The maximum Gasteiger partial charge on any atom is 0.254 e. The minimum Gasteiger partial charge on any atom is -0.494 e. The van der Waals surface area contributed by atoms with E-state index in [1.165, 1.54) is 0 Å². The van der Waals surface area contributed by atoms with Crippen LogP contribution in [0, 0.1) is 0 Å². The van der Waals surface area contributed by atoms with E-state index >= 15 is 0 Å². The molecule has 0 radical (unpaired) electrons. The average molecular weight is 395 g/mol. The number of hydrogen-bond acceptors (Lipinski definition) is 4. The minimum absolute atomic E-state index is 0.0692. The molecular weight excluding hydrogens is 366 g/mol. The predicted molar refractivity (Wildman–Crippen MR) is 112 cm³/mol. The Morgan fingerprint density at radius 1 is 1.07 bits per heavy atom. The molecule has 0 bridgehead atoms. The molecule has 2 aromatic rings. The molecule has 1 atom stereocenters. The van der Waals surface area contributed by atoms with E-state index in [1.807, 2.05) is 41.3 Å². The molecule has 2 aliphatic heterocycles. The van der Waals surface area contributed by atoms with Gasteiger partial charge < -0.3 is 19.1 Å². The van der Waals surface area contributed by atoms with Crippen molar-refractivity contribution < 1.29 is 19.0 Å². The number of hydrogen-bond donors (Lipinski definition) is 0. The lowest BCUT2D eigenvalue weighted by atomic mass is 10.0. The fourth-order valence-corrected chi connectivity index (χ4v) is 3.94. The van der Waals surface area contributed by atoms with Gasteiger partial charge in [-0.2, -0.15) is 0 Å². The summed E-state index contributed by atoms with van der Waals surface area (Å²) in [5, 5.41) is 0. The third-order valence-electron chi connectivity index (χ3n) is 5.54. The lowest BCUT2D eigenvalue weighted by molar-refractivity contribution is 0.0735. The second kappa shape index (κ2) is 9.21. The molecule has 4 rings (SSSR count). The molecule has 0 aliphatic carbocycles. The van der Waals surface area contributed by atoms with E-state index in [0.717, 1.165) is 61.5 Å². The zero-order valence-corrected chi connectivity index (χ0v) is 17.1. The highest BCUT2D eigenvalue weighted by molar-refractivity contribution is 5.94. The van der Waals surface area contributed by atoms with Crippen LogP contribution in [0.3, 0.4) is 0 Å². The van der Waals surface area contributed by atoms with E-state index in [0.29, 0.717) is 25.4 Å². The summed E-state index contributed by atoms with van der Waals surface area (Å²) < 4.78 is 17.3. The molecular formula is C24H29NO4. The highest BCUT2D eigenvalue weighted by Crippen LogP contribution is 2.38. The quantitative estimate of drug-likeness (QED) is 0.646. The van der Waals surface area contributed by atoms with Gasteiger partial charge in [-0.15, -0.1) is 0 Å². The van der Waals surface area contributed by atoms with Gasteiger partial charge in [-0.25, -0.2) is 0 Å². The molecule has 5 nitrogen and oxygen atoms in total. The SMILES string of the molecule is CCCCOc1ccc(C(=O)N2CCCC2c2ccc3c(c2)OCCCO3)cc1. The number of fused-ring (bicyclic) bond motifs is 1. The summed E-state index contributed by atoms with van der Waals surface area (Å²) in [6.07, 6.45) is 4.99. The first-order valence-electron chi connectivity index (χ1n) is 10.7. The van der Waals surface area contributed by atoms with Crippen LogP contribution in [0.1, 0.15) is 61.0 Å². The number of nitrogens with zero attached hydrogens (tertiary/aromatic N) is 1. The Labute approximate surface area is 172 Å². The lowest BCUT2D eigenvalue weighted by Crippen LogP contribution is -2.30. The van der Waals surface area contributed by atoms with Crippen molar-refractivity contribution in [3.8, 4) is 17.2 Å². The normalized spacial score (nSPS) is 18.4. The van der Waals surface area contributed by atoms with Crippen LogP contribution in [0.2, 0.25) is 0 Å². The number of rotatable bonds is 6. The maximum absolute atomic E-state index is 13.2. The second-order valence-corrected chi connectivity index (χ2v) is 7.64. The number of carbonyl (C=O) groups is 1. The van der Waals surface area contributed by atoms with Crippen molar-refractivity contribution in [2.45, 2.75) is 45.1 Å². The average Bonchev–Trinajstić information content (AvgIpc) is 3.12. The van der Waals surface area contributed by atoms with Crippen molar-refractivity contribution >= 4 is 5.91 Å². The number of unbranched alkanes of at least 4 members (excludes halogenated alkanes) is 1. The highest BCUT2D eigenvalue weighted by Gasteiger charge is 2.31. The van der Waals surface area contributed by atoms with E-state index in [9.17, 15) is 4.79 Å². The van der Waals surface area contributed by atoms with Crippen LogP contribution in [-0.4, -0.2) is 37.2 Å². The van der Waals surface area contributed by atoms with Gasteiger partial charge >= 0.3 is 0 Å². The molecule has 1 fully saturated rings. The van der Waals surface area contributed by atoms with E-state index in [4.69, 9.17) is 14.2 Å². The Hall–Kier alpha value is -2.69. The molecule has 1 amide bonds. The van der Waals surface area contributed by atoms with Gasteiger partial charge in [-0.05, 0) is 61.2 Å². The van der Waals surface area contributed by atoms with Crippen molar-refractivity contribution in [2.75, 3.05) is 26.4 Å². The van der Waals surface area contributed by atoms with Gasteiger partial charge in [-0.1, -0.05) is 19.4 Å². The molecule has 0 spiro atoms. The molecule has 1 saturated heterocycles. The van der Waals surface area contributed by atoms with Crippen LogP contribution in [0.4, 0.5) is 0 Å². The first-order valence-corrected chi connectivity index (χ1v) is 10.7. The Kier molecular flexibility index (Phi) is 6.23. The van der Waals surface area contributed by atoms with Crippen molar-refractivity contribution in [1.82, 2.24) is 4.90 Å². The highest BCUT2D eigenvalue weighted by atomic mass is 16.5. The van der Waals surface area contributed by atoms with Gasteiger partial charge in [0.2, 0.25) is 0 Å². The largest absolute Gasteiger partial charge is 0.494 e. The number of likely N-dealkylation sites (tertiary alicyclic amines) is 1. The van der Waals surface area contributed by atoms with Gasteiger partial charge in [0.25, 0.3) is 5.91 Å². The standard InChI is InChI=1S/C24H29NO4/c1-2-3-14-27-20-10-7-18(8-11-20)24(26)25-13-4-6-21(25)19-9-12-22-23(17-19)29-16-5-15-28-22/h7-12,17,21H,2-6,13-16H2,1H3. The first kappa shape index (κ1) is 19.6. The van der Waals surface area contributed by atoms with Crippen LogP contribution in [-0.2, 0) is 0 Å². The van der Waals surface area contributed by atoms with Crippen molar-refractivity contribution in [2.24, 2.45) is 0 Å². The van der Waals surface area contributed by atoms with Crippen LogP contribution in [0.5, 0.6) is 17.2 Å². The number of amides is 1.